The van der Waals surface area contributed by atoms with Gasteiger partial charge in [-0.1, -0.05) is 17.2 Å². The van der Waals surface area contributed by atoms with Crippen molar-refractivity contribution in [3.8, 4) is 17.2 Å². The van der Waals surface area contributed by atoms with Crippen LogP contribution in [0, 0.1) is 0 Å². The molecule has 0 bridgehead atoms. The molecular formula is C35H42O15. The summed E-state index contributed by atoms with van der Waals surface area (Å²) in [6, 6.07) is 4.24. The van der Waals surface area contributed by atoms with Crippen LogP contribution in [-0.2, 0) is 47.7 Å². The van der Waals surface area contributed by atoms with Crippen molar-refractivity contribution in [3.05, 3.63) is 51.9 Å². The minimum atomic E-state index is -1.53. The second kappa shape index (κ2) is 18.0. The Morgan fingerprint density at radius 3 is 2.00 bits per heavy atom. The lowest BCUT2D eigenvalue weighted by Gasteiger charge is -2.43. The second-order valence-electron chi connectivity index (χ2n) is 11.7. The lowest BCUT2D eigenvalue weighted by atomic mass is 9.98. The zero-order valence-corrected chi connectivity index (χ0v) is 29.2. The largest absolute Gasteiger partial charge is 0.485 e. The number of allylic oxidation sites excluding steroid dienone is 3. The van der Waals surface area contributed by atoms with Crippen molar-refractivity contribution in [2.45, 2.75) is 98.9 Å². The summed E-state index contributed by atoms with van der Waals surface area (Å²) < 4.78 is 49.9. The first-order valence-electron chi connectivity index (χ1n) is 15.7. The first-order chi connectivity index (χ1) is 23.5. The maximum atomic E-state index is 13.0. The van der Waals surface area contributed by atoms with Crippen molar-refractivity contribution in [3.63, 3.8) is 0 Å². The van der Waals surface area contributed by atoms with Gasteiger partial charge in [0.25, 0.3) is 5.75 Å². The fourth-order valence-corrected chi connectivity index (χ4v) is 4.96. The van der Waals surface area contributed by atoms with E-state index in [1.807, 2.05) is 26.8 Å². The molecule has 0 radical (unpaired) electrons. The zero-order valence-electron chi connectivity index (χ0n) is 29.2. The summed E-state index contributed by atoms with van der Waals surface area (Å²) >= 11 is 0. The summed E-state index contributed by atoms with van der Waals surface area (Å²) in [6.45, 7) is 11.2. The number of carbonyl (C=O) groups is 5. The number of fused-ring (bicyclic) bond motifs is 1. The Hall–Kier alpha value is -5.18. The molecule has 15 nitrogen and oxygen atoms in total. The van der Waals surface area contributed by atoms with Crippen LogP contribution >= 0.6 is 0 Å². The third kappa shape index (κ3) is 11.5. The fraction of sp³-hybridized carbons (Fsp3) is 0.486. The molecule has 1 aliphatic heterocycles. The van der Waals surface area contributed by atoms with Crippen LogP contribution in [0.15, 0.2) is 50.7 Å². The molecule has 2 aromatic rings. The van der Waals surface area contributed by atoms with Crippen molar-refractivity contribution in [1.82, 2.24) is 0 Å². The molecule has 50 heavy (non-hydrogen) atoms. The van der Waals surface area contributed by atoms with Crippen molar-refractivity contribution < 1.29 is 66.3 Å². The van der Waals surface area contributed by atoms with Crippen molar-refractivity contribution >= 4 is 40.8 Å². The quantitative estimate of drug-likeness (QED) is 0.117. The maximum absolute atomic E-state index is 13.0. The van der Waals surface area contributed by atoms with Gasteiger partial charge < -0.3 is 42.3 Å². The minimum Gasteiger partial charge on any atom is -0.485 e. The average Bonchev–Trinajstić information content (AvgIpc) is 2.99. The van der Waals surface area contributed by atoms with Gasteiger partial charge in [0.05, 0.1) is 5.39 Å². The molecule has 1 aromatic heterocycles. The molecule has 0 spiro atoms. The first-order valence-corrected chi connectivity index (χ1v) is 15.7. The fourth-order valence-electron chi connectivity index (χ4n) is 4.96. The number of rotatable bonds is 14. The second-order valence-corrected chi connectivity index (χ2v) is 11.7. The van der Waals surface area contributed by atoms with Gasteiger partial charge in [-0.05, 0) is 51.8 Å². The van der Waals surface area contributed by atoms with Gasteiger partial charge in [-0.2, -0.15) is 0 Å². The van der Waals surface area contributed by atoms with Gasteiger partial charge in [-0.25, -0.2) is 4.79 Å². The molecule has 0 amide bonds. The number of hydrogen-bond donors (Lipinski definition) is 0. The number of ether oxygens (including phenoxy) is 8. The SMILES string of the molecule is CC(=O)OC[C@H]1O[C@@H](Oc2ccc3c(OC/C=C(\C)CCC=C(C)C)c(OC(C)=O)c(=O)oc3c2)[C@H](OC(C)=O)[C@@H](OC(C)=O)[C@H]1OC(C)=O. The van der Waals surface area contributed by atoms with Crippen molar-refractivity contribution in [2.75, 3.05) is 13.2 Å². The van der Waals surface area contributed by atoms with Gasteiger partial charge in [0.2, 0.25) is 12.4 Å². The molecular weight excluding hydrogens is 660 g/mol. The molecule has 1 saturated heterocycles. The Kier molecular flexibility index (Phi) is 14.1. The van der Waals surface area contributed by atoms with Crippen LogP contribution in [0.3, 0.4) is 0 Å². The van der Waals surface area contributed by atoms with Gasteiger partial charge in [-0.3, -0.25) is 24.0 Å². The highest BCUT2D eigenvalue weighted by Gasteiger charge is 2.53. The van der Waals surface area contributed by atoms with Gasteiger partial charge in [0, 0.05) is 40.7 Å². The van der Waals surface area contributed by atoms with Crippen LogP contribution in [0.2, 0.25) is 0 Å². The van der Waals surface area contributed by atoms with Crippen LogP contribution in [0.25, 0.3) is 11.0 Å². The van der Waals surface area contributed by atoms with E-state index in [4.69, 9.17) is 42.3 Å². The molecule has 3 rings (SSSR count). The Morgan fingerprint density at radius 1 is 0.760 bits per heavy atom. The maximum Gasteiger partial charge on any atom is 0.383 e. The van der Waals surface area contributed by atoms with Crippen LogP contribution in [0.5, 0.6) is 17.2 Å². The van der Waals surface area contributed by atoms with E-state index in [-0.39, 0.29) is 29.1 Å². The standard InChI is InChI=1S/C35H42O15/c1-18(2)10-9-11-19(3)14-15-42-29-26-13-12-25(16-27(26)49-34(41)32(29)46-23(7)39)48-35-33(47-24(8)40)31(45-22(6)38)30(44-21(5)37)28(50-35)17-43-20(4)36/h10,12-14,16,28,30-31,33,35H,9,11,15,17H2,1-8H3/b19-14+/t28-,30+,31+,33-,35-/m1/s1. The number of carbonyl (C=O) groups excluding carboxylic acids is 5. The predicted octanol–water partition coefficient (Wildman–Crippen LogP) is 4.25. The van der Waals surface area contributed by atoms with Crippen LogP contribution < -0.4 is 19.8 Å². The van der Waals surface area contributed by atoms with Gasteiger partial charge >= 0.3 is 35.5 Å². The summed E-state index contributed by atoms with van der Waals surface area (Å²) in [5.41, 5.74) is 1.22. The highest BCUT2D eigenvalue weighted by Crippen LogP contribution is 2.36. The van der Waals surface area contributed by atoms with E-state index in [2.05, 4.69) is 6.08 Å². The van der Waals surface area contributed by atoms with Crippen LogP contribution in [0.4, 0.5) is 0 Å². The third-order valence-electron chi connectivity index (χ3n) is 6.99. The lowest BCUT2D eigenvalue weighted by molar-refractivity contribution is -0.288. The molecule has 272 valence electrons. The van der Waals surface area contributed by atoms with E-state index in [0.29, 0.717) is 0 Å². The van der Waals surface area contributed by atoms with E-state index in [1.165, 1.54) is 23.8 Å². The van der Waals surface area contributed by atoms with E-state index >= 15 is 0 Å². The molecule has 2 heterocycles. The van der Waals surface area contributed by atoms with Crippen molar-refractivity contribution in [2.24, 2.45) is 0 Å². The summed E-state index contributed by atoms with van der Waals surface area (Å²) in [5, 5.41) is 0.255. The Balaban J connectivity index is 2.03. The zero-order chi connectivity index (χ0) is 37.1. The molecule has 0 aliphatic carbocycles. The summed E-state index contributed by atoms with van der Waals surface area (Å²) in [5.74, 6) is -4.31. The summed E-state index contributed by atoms with van der Waals surface area (Å²) in [7, 11) is 0. The van der Waals surface area contributed by atoms with Gasteiger partial charge in [0.1, 0.15) is 30.7 Å². The molecule has 1 aromatic carbocycles. The number of hydrogen-bond acceptors (Lipinski definition) is 15. The predicted molar refractivity (Wildman–Crippen MR) is 174 cm³/mol. The molecule has 0 unspecified atom stereocenters. The molecule has 1 aliphatic rings. The summed E-state index contributed by atoms with van der Waals surface area (Å²) in [6.07, 6.45) is -1.49. The van der Waals surface area contributed by atoms with E-state index in [9.17, 15) is 28.8 Å². The van der Waals surface area contributed by atoms with E-state index < -0.39 is 78.5 Å². The smallest absolute Gasteiger partial charge is 0.383 e. The Labute approximate surface area is 288 Å². The molecule has 5 atom stereocenters. The topological polar surface area (TPSA) is 189 Å². The first kappa shape index (κ1) is 39.3. The van der Waals surface area contributed by atoms with Crippen LogP contribution in [-0.4, -0.2) is 73.8 Å². The van der Waals surface area contributed by atoms with Crippen LogP contribution in [0.1, 0.15) is 68.2 Å². The lowest BCUT2D eigenvalue weighted by Crippen LogP contribution is -2.63. The average molecular weight is 703 g/mol. The normalized spacial score (nSPS) is 20.2. The van der Waals surface area contributed by atoms with E-state index in [0.717, 1.165) is 53.0 Å². The minimum absolute atomic E-state index is 0.0164. The van der Waals surface area contributed by atoms with E-state index in [1.54, 1.807) is 0 Å². The Morgan fingerprint density at radius 2 is 1.40 bits per heavy atom. The summed E-state index contributed by atoms with van der Waals surface area (Å²) in [4.78, 5) is 72.8. The molecule has 0 N–H and O–H groups in total. The van der Waals surface area contributed by atoms with Gasteiger partial charge in [-0.15, -0.1) is 0 Å². The monoisotopic (exact) mass is 702 g/mol. The number of esters is 5. The number of benzene rings is 1. The molecule has 15 heteroatoms. The Bertz CT molecular complexity index is 1700. The highest BCUT2D eigenvalue weighted by atomic mass is 16.7. The highest BCUT2D eigenvalue weighted by molar-refractivity contribution is 5.87. The third-order valence-corrected chi connectivity index (χ3v) is 6.99. The van der Waals surface area contributed by atoms with Crippen molar-refractivity contribution in [1.29, 1.82) is 0 Å². The van der Waals surface area contributed by atoms with Gasteiger partial charge in [0.15, 0.2) is 18.0 Å². The molecule has 0 saturated carbocycles. The molecule has 1 fully saturated rings.